The molecular formula is C13H12N2O4. The fraction of sp³-hybridized carbons (Fsp3) is 0.154. The quantitative estimate of drug-likeness (QED) is 0.906. The fourth-order valence-electron chi connectivity index (χ4n) is 1.55. The van der Waals surface area contributed by atoms with Crippen molar-refractivity contribution in [2.24, 2.45) is 7.05 Å². The van der Waals surface area contributed by atoms with Crippen LogP contribution in [-0.4, -0.2) is 20.6 Å². The van der Waals surface area contributed by atoms with Crippen LogP contribution in [0.25, 0.3) is 0 Å². The number of aryl methyl sites for hydroxylation is 2. The molecule has 1 N–H and O–H groups in total. The highest BCUT2D eigenvalue weighted by Crippen LogP contribution is 2.23. The average molecular weight is 260 g/mol. The van der Waals surface area contributed by atoms with Crippen LogP contribution >= 0.6 is 0 Å². The van der Waals surface area contributed by atoms with Crippen LogP contribution in [0.15, 0.2) is 35.4 Å². The van der Waals surface area contributed by atoms with Gasteiger partial charge in [0, 0.05) is 19.4 Å². The van der Waals surface area contributed by atoms with Gasteiger partial charge in [0.15, 0.2) is 0 Å². The van der Waals surface area contributed by atoms with E-state index in [0.717, 1.165) is 5.56 Å². The third-order valence-electron chi connectivity index (χ3n) is 2.56. The molecule has 0 aliphatic carbocycles. The summed E-state index contributed by atoms with van der Waals surface area (Å²) in [6, 6.07) is 4.69. The van der Waals surface area contributed by atoms with Gasteiger partial charge in [-0.25, -0.2) is 9.78 Å². The smallest absolute Gasteiger partial charge is 0.339 e. The Morgan fingerprint density at radius 3 is 2.84 bits per heavy atom. The van der Waals surface area contributed by atoms with E-state index < -0.39 is 11.5 Å². The van der Waals surface area contributed by atoms with Gasteiger partial charge in [-0.2, -0.15) is 0 Å². The van der Waals surface area contributed by atoms with Gasteiger partial charge in [0.2, 0.25) is 0 Å². The highest BCUT2D eigenvalue weighted by atomic mass is 16.5. The Morgan fingerprint density at radius 1 is 1.42 bits per heavy atom. The lowest BCUT2D eigenvalue weighted by Gasteiger charge is -2.08. The molecule has 0 bridgehead atoms. The molecule has 0 aliphatic rings. The Balaban J connectivity index is 2.47. The minimum atomic E-state index is -1.12. The van der Waals surface area contributed by atoms with Crippen LogP contribution in [0, 0.1) is 6.92 Å². The molecule has 0 aliphatic heterocycles. The number of carboxylic acids is 1. The number of nitrogens with zero attached hydrogens (tertiary/aromatic N) is 2. The molecule has 0 amide bonds. The van der Waals surface area contributed by atoms with Gasteiger partial charge in [0.05, 0.1) is 0 Å². The summed E-state index contributed by atoms with van der Waals surface area (Å²) in [5, 5.41) is 9.11. The molecule has 0 unspecified atom stereocenters. The summed E-state index contributed by atoms with van der Waals surface area (Å²) in [6.07, 6.45) is 2.90. The first-order valence-electron chi connectivity index (χ1n) is 5.52. The van der Waals surface area contributed by atoms with Crippen molar-refractivity contribution in [3.8, 4) is 11.6 Å². The minimum Gasteiger partial charge on any atom is -0.478 e. The first-order chi connectivity index (χ1) is 8.99. The molecule has 2 rings (SSSR count). The molecule has 0 saturated heterocycles. The number of aromatic carboxylic acids is 1. The van der Waals surface area contributed by atoms with Gasteiger partial charge in [-0.15, -0.1) is 0 Å². The number of hydrogen-bond donors (Lipinski definition) is 1. The van der Waals surface area contributed by atoms with Gasteiger partial charge in [0.1, 0.15) is 11.3 Å². The molecule has 0 atom stereocenters. The number of benzene rings is 1. The van der Waals surface area contributed by atoms with Crippen LogP contribution in [0.1, 0.15) is 15.9 Å². The predicted molar refractivity (Wildman–Crippen MR) is 67.7 cm³/mol. The summed E-state index contributed by atoms with van der Waals surface area (Å²) in [5.74, 6) is -1.18. The summed E-state index contributed by atoms with van der Waals surface area (Å²) >= 11 is 0. The molecule has 0 spiro atoms. The maximum Gasteiger partial charge on any atom is 0.339 e. The summed E-state index contributed by atoms with van der Waals surface area (Å²) < 4.78 is 6.61. The molecule has 2 aromatic rings. The molecule has 0 radical (unpaired) electrons. The second-order valence-corrected chi connectivity index (χ2v) is 4.06. The van der Waals surface area contributed by atoms with E-state index in [-0.39, 0.29) is 17.2 Å². The highest BCUT2D eigenvalue weighted by Gasteiger charge is 2.14. The molecular weight excluding hydrogens is 248 g/mol. The van der Waals surface area contributed by atoms with Gasteiger partial charge in [-0.1, -0.05) is 11.6 Å². The molecule has 1 heterocycles. The second kappa shape index (κ2) is 4.93. The van der Waals surface area contributed by atoms with Crippen LogP contribution in [0.5, 0.6) is 11.6 Å². The minimum absolute atomic E-state index is 0.00675. The SMILES string of the molecule is Cc1ccc(Oc2nccn(C)c2=O)c(C(=O)O)c1. The third-order valence-corrected chi connectivity index (χ3v) is 2.56. The van der Waals surface area contributed by atoms with Crippen molar-refractivity contribution in [3.05, 3.63) is 52.1 Å². The van der Waals surface area contributed by atoms with Gasteiger partial charge in [0.25, 0.3) is 5.88 Å². The van der Waals surface area contributed by atoms with E-state index in [0.29, 0.717) is 0 Å². The summed E-state index contributed by atoms with van der Waals surface area (Å²) in [4.78, 5) is 26.7. The van der Waals surface area contributed by atoms with Gasteiger partial charge < -0.3 is 14.4 Å². The van der Waals surface area contributed by atoms with E-state index in [9.17, 15) is 9.59 Å². The maximum atomic E-state index is 11.7. The molecule has 6 heteroatoms. The number of rotatable bonds is 3. The maximum absolute atomic E-state index is 11.7. The van der Waals surface area contributed by atoms with Crippen molar-refractivity contribution in [2.75, 3.05) is 0 Å². The largest absolute Gasteiger partial charge is 0.478 e. The second-order valence-electron chi connectivity index (χ2n) is 4.06. The number of ether oxygens (including phenoxy) is 1. The first-order valence-corrected chi connectivity index (χ1v) is 5.52. The number of aromatic nitrogens is 2. The van der Waals surface area contributed by atoms with Gasteiger partial charge >= 0.3 is 11.5 Å². The van der Waals surface area contributed by atoms with Crippen LogP contribution in [0.4, 0.5) is 0 Å². The van der Waals surface area contributed by atoms with Gasteiger partial charge in [-0.05, 0) is 19.1 Å². The lowest BCUT2D eigenvalue weighted by atomic mass is 10.1. The van der Waals surface area contributed by atoms with Crippen molar-refractivity contribution in [1.29, 1.82) is 0 Å². The van der Waals surface area contributed by atoms with Crippen molar-refractivity contribution in [1.82, 2.24) is 9.55 Å². The lowest BCUT2D eigenvalue weighted by Crippen LogP contribution is -2.18. The van der Waals surface area contributed by atoms with Crippen LogP contribution in [-0.2, 0) is 7.05 Å². The number of carboxylic acid groups (broad SMARTS) is 1. The first kappa shape index (κ1) is 12.8. The number of carbonyl (C=O) groups is 1. The molecule has 1 aromatic carbocycles. The highest BCUT2D eigenvalue weighted by molar-refractivity contribution is 5.91. The van der Waals surface area contributed by atoms with E-state index in [1.807, 2.05) is 0 Å². The molecule has 1 aromatic heterocycles. The molecule has 0 saturated carbocycles. The Bertz CT molecular complexity index is 691. The van der Waals surface area contributed by atoms with E-state index >= 15 is 0 Å². The summed E-state index contributed by atoms with van der Waals surface area (Å²) in [5.41, 5.74) is 0.353. The lowest BCUT2D eigenvalue weighted by molar-refractivity contribution is 0.0694. The van der Waals surface area contributed by atoms with Crippen LogP contribution in [0.2, 0.25) is 0 Å². The standard InChI is InChI=1S/C13H12N2O4/c1-8-3-4-10(9(7-8)13(17)18)19-11-12(16)15(2)6-5-14-11/h3-7H,1-2H3,(H,17,18). The van der Waals surface area contributed by atoms with Crippen molar-refractivity contribution in [2.45, 2.75) is 6.92 Å². The van der Waals surface area contributed by atoms with Crippen molar-refractivity contribution >= 4 is 5.97 Å². The predicted octanol–water partition coefficient (Wildman–Crippen LogP) is 1.58. The fourth-order valence-corrected chi connectivity index (χ4v) is 1.55. The Hall–Kier alpha value is -2.63. The van der Waals surface area contributed by atoms with Crippen LogP contribution in [0.3, 0.4) is 0 Å². The Labute approximate surface area is 108 Å². The Kier molecular flexibility index (Phi) is 3.33. The van der Waals surface area contributed by atoms with E-state index in [4.69, 9.17) is 9.84 Å². The molecule has 19 heavy (non-hydrogen) atoms. The van der Waals surface area contributed by atoms with Crippen LogP contribution < -0.4 is 10.3 Å². The van der Waals surface area contributed by atoms with Crippen molar-refractivity contribution < 1.29 is 14.6 Å². The van der Waals surface area contributed by atoms with E-state index in [1.54, 1.807) is 20.0 Å². The molecule has 98 valence electrons. The van der Waals surface area contributed by atoms with Gasteiger partial charge in [-0.3, -0.25) is 4.79 Å². The zero-order chi connectivity index (χ0) is 14.0. The topological polar surface area (TPSA) is 81.4 Å². The van der Waals surface area contributed by atoms with E-state index in [2.05, 4.69) is 4.98 Å². The zero-order valence-corrected chi connectivity index (χ0v) is 10.5. The Morgan fingerprint density at radius 2 is 2.16 bits per heavy atom. The van der Waals surface area contributed by atoms with Crippen molar-refractivity contribution in [3.63, 3.8) is 0 Å². The average Bonchev–Trinajstić information content (AvgIpc) is 2.36. The summed E-state index contributed by atoms with van der Waals surface area (Å²) in [6.45, 7) is 1.77. The van der Waals surface area contributed by atoms with E-state index in [1.165, 1.54) is 29.1 Å². The zero-order valence-electron chi connectivity index (χ0n) is 10.5. The molecule has 6 nitrogen and oxygen atoms in total. The summed E-state index contributed by atoms with van der Waals surface area (Å²) in [7, 11) is 1.56. The number of hydrogen-bond acceptors (Lipinski definition) is 4. The molecule has 0 fully saturated rings. The third kappa shape index (κ3) is 2.62. The normalized spacial score (nSPS) is 10.2. The monoisotopic (exact) mass is 260 g/mol.